The van der Waals surface area contributed by atoms with E-state index in [2.05, 4.69) is 25.5 Å². The largest absolute Gasteiger partial charge is 0.493 e. The lowest BCUT2D eigenvalue weighted by Crippen LogP contribution is -2.18. The number of rotatable bonds is 7. The number of hydrogen-bond donors (Lipinski definition) is 2. The van der Waals surface area contributed by atoms with Gasteiger partial charge in [0.05, 0.1) is 33.2 Å². The van der Waals surface area contributed by atoms with Gasteiger partial charge in [0, 0.05) is 19.2 Å². The molecule has 0 aliphatic carbocycles. The van der Waals surface area contributed by atoms with Gasteiger partial charge < -0.3 is 19.5 Å². The number of benzene rings is 1. The molecule has 0 radical (unpaired) electrons. The zero-order chi connectivity index (χ0) is 24.4. The highest BCUT2D eigenvalue weighted by atomic mass is 16.5. The molecule has 12 nitrogen and oxygen atoms in total. The first-order chi connectivity index (χ1) is 16.3. The van der Waals surface area contributed by atoms with Crippen molar-refractivity contribution in [3.05, 3.63) is 52.1 Å². The lowest BCUT2D eigenvalue weighted by Gasteiger charge is -2.12. The first-order valence-corrected chi connectivity index (χ1v) is 10.1. The number of carbonyl (C=O) groups is 1. The Bertz CT molecular complexity index is 1440. The van der Waals surface area contributed by atoms with Crippen molar-refractivity contribution in [3.63, 3.8) is 0 Å². The normalized spacial score (nSPS) is 11.2. The number of methoxy groups -OCH3 is 3. The SMILES string of the molecule is COc1cc(/C=C\C(=O)Nc2cc(C)nn2-c2nc3c(cnn3C)c(=O)[nH]2)cc(OC)c1OC. The molecule has 4 aromatic rings. The number of carbonyl (C=O) groups excluding carboxylic acids is 1. The Morgan fingerprint density at radius 3 is 2.47 bits per heavy atom. The first-order valence-electron chi connectivity index (χ1n) is 10.1. The number of nitrogens with one attached hydrogen (secondary N) is 2. The van der Waals surface area contributed by atoms with E-state index in [4.69, 9.17) is 14.2 Å². The Kier molecular flexibility index (Phi) is 6.04. The standard InChI is InChI=1S/C22H23N7O5/c1-12-8-17(29(27-12)22-25-20-14(21(31)26-22)11-23-28(20)2)24-18(30)7-6-13-9-15(32-3)19(34-5)16(10-13)33-4/h6-11H,1-5H3,(H,24,30)(H,25,26,31)/b7-6-. The highest BCUT2D eigenvalue weighted by molar-refractivity contribution is 6.01. The molecule has 4 rings (SSSR count). The molecule has 3 heterocycles. The maximum absolute atomic E-state index is 12.7. The molecule has 0 saturated heterocycles. The molecule has 0 bridgehead atoms. The molecular weight excluding hydrogens is 442 g/mol. The molecule has 176 valence electrons. The first kappa shape index (κ1) is 22.6. The summed E-state index contributed by atoms with van der Waals surface area (Å²) in [7, 11) is 6.23. The molecule has 0 aliphatic rings. The number of aryl methyl sites for hydroxylation is 2. The minimum absolute atomic E-state index is 0.151. The van der Waals surface area contributed by atoms with E-state index in [1.165, 1.54) is 43.0 Å². The molecule has 1 amide bonds. The molecule has 3 aromatic heterocycles. The molecule has 0 atom stereocenters. The van der Waals surface area contributed by atoms with Gasteiger partial charge in [0.15, 0.2) is 17.1 Å². The maximum atomic E-state index is 12.7. The van der Waals surface area contributed by atoms with Crippen molar-refractivity contribution in [3.8, 4) is 23.2 Å². The Labute approximate surface area is 193 Å². The summed E-state index contributed by atoms with van der Waals surface area (Å²) in [6, 6.07) is 5.10. The fourth-order valence-corrected chi connectivity index (χ4v) is 3.41. The lowest BCUT2D eigenvalue weighted by atomic mass is 10.1. The van der Waals surface area contributed by atoms with E-state index in [9.17, 15) is 9.59 Å². The molecule has 34 heavy (non-hydrogen) atoms. The van der Waals surface area contributed by atoms with Gasteiger partial charge >= 0.3 is 0 Å². The molecule has 0 spiro atoms. The van der Waals surface area contributed by atoms with Crippen LogP contribution in [0.2, 0.25) is 0 Å². The Hall–Kier alpha value is -4.61. The van der Waals surface area contributed by atoms with Gasteiger partial charge in [-0.15, -0.1) is 0 Å². The summed E-state index contributed by atoms with van der Waals surface area (Å²) in [5.41, 5.74) is 1.32. The van der Waals surface area contributed by atoms with E-state index in [1.54, 1.807) is 38.2 Å². The second-order valence-corrected chi connectivity index (χ2v) is 7.26. The number of fused-ring (bicyclic) bond motifs is 1. The van der Waals surface area contributed by atoms with Crippen LogP contribution in [0.3, 0.4) is 0 Å². The highest BCUT2D eigenvalue weighted by Gasteiger charge is 2.16. The second-order valence-electron chi connectivity index (χ2n) is 7.26. The predicted octanol–water partition coefficient (Wildman–Crippen LogP) is 1.83. The summed E-state index contributed by atoms with van der Waals surface area (Å²) in [6.45, 7) is 1.76. The van der Waals surface area contributed by atoms with Gasteiger partial charge in [0.25, 0.3) is 5.56 Å². The Morgan fingerprint density at radius 1 is 1.12 bits per heavy atom. The van der Waals surface area contributed by atoms with Crippen LogP contribution in [0.5, 0.6) is 17.2 Å². The van der Waals surface area contributed by atoms with Gasteiger partial charge in [0.1, 0.15) is 11.2 Å². The topological polar surface area (TPSA) is 138 Å². The van der Waals surface area contributed by atoms with Crippen LogP contribution in [0.25, 0.3) is 23.1 Å². The zero-order valence-electron chi connectivity index (χ0n) is 19.2. The number of anilines is 1. The van der Waals surface area contributed by atoms with Crippen molar-refractivity contribution in [2.24, 2.45) is 7.05 Å². The van der Waals surface area contributed by atoms with Crippen LogP contribution in [-0.4, -0.2) is 56.8 Å². The summed E-state index contributed by atoms with van der Waals surface area (Å²) in [6.07, 6.45) is 4.40. The van der Waals surface area contributed by atoms with Crippen LogP contribution in [-0.2, 0) is 11.8 Å². The number of ether oxygens (including phenoxy) is 3. The van der Waals surface area contributed by atoms with E-state index >= 15 is 0 Å². The average Bonchev–Trinajstić information content (AvgIpc) is 3.39. The Morgan fingerprint density at radius 2 is 1.82 bits per heavy atom. The highest BCUT2D eigenvalue weighted by Crippen LogP contribution is 2.38. The zero-order valence-corrected chi connectivity index (χ0v) is 19.2. The number of nitrogens with zero attached hydrogens (tertiary/aromatic N) is 5. The smallest absolute Gasteiger partial charge is 0.263 e. The molecule has 12 heteroatoms. The monoisotopic (exact) mass is 465 g/mol. The summed E-state index contributed by atoms with van der Waals surface area (Å²) >= 11 is 0. The third-order valence-electron chi connectivity index (χ3n) is 4.99. The number of amides is 1. The van der Waals surface area contributed by atoms with Crippen LogP contribution >= 0.6 is 0 Å². The van der Waals surface area contributed by atoms with Crippen molar-refractivity contribution in [1.82, 2.24) is 29.5 Å². The van der Waals surface area contributed by atoms with Crippen LogP contribution in [0.1, 0.15) is 11.3 Å². The number of hydrogen-bond acceptors (Lipinski definition) is 8. The summed E-state index contributed by atoms with van der Waals surface area (Å²) < 4.78 is 18.8. The third kappa shape index (κ3) is 4.20. The van der Waals surface area contributed by atoms with Gasteiger partial charge in [-0.1, -0.05) is 0 Å². The maximum Gasteiger partial charge on any atom is 0.263 e. The van der Waals surface area contributed by atoms with Gasteiger partial charge in [-0.25, -0.2) is 0 Å². The number of H-pyrrole nitrogens is 1. The summed E-state index contributed by atoms with van der Waals surface area (Å²) in [5, 5.41) is 11.5. The minimum atomic E-state index is -0.418. The fraction of sp³-hybridized carbons (Fsp3) is 0.227. The summed E-state index contributed by atoms with van der Waals surface area (Å²) in [4.78, 5) is 32.2. The molecule has 0 fully saturated rings. The second kappa shape index (κ2) is 9.10. The van der Waals surface area contributed by atoms with Gasteiger partial charge in [-0.05, 0) is 30.7 Å². The van der Waals surface area contributed by atoms with Crippen LogP contribution in [0.15, 0.2) is 35.3 Å². The quantitative estimate of drug-likeness (QED) is 0.394. The molecular formula is C22H23N7O5. The minimum Gasteiger partial charge on any atom is -0.493 e. The van der Waals surface area contributed by atoms with Crippen LogP contribution in [0.4, 0.5) is 5.82 Å². The molecule has 0 saturated carbocycles. The summed E-state index contributed by atoms with van der Waals surface area (Å²) in [5.74, 6) is 1.46. The number of aromatic nitrogens is 6. The van der Waals surface area contributed by atoms with E-state index in [-0.39, 0.29) is 11.5 Å². The fourth-order valence-electron chi connectivity index (χ4n) is 3.41. The van der Waals surface area contributed by atoms with Gasteiger partial charge in [-0.2, -0.15) is 19.9 Å². The van der Waals surface area contributed by atoms with E-state index in [0.29, 0.717) is 45.4 Å². The number of aromatic amines is 1. The van der Waals surface area contributed by atoms with Crippen molar-refractivity contribution in [2.75, 3.05) is 26.6 Å². The third-order valence-corrected chi connectivity index (χ3v) is 4.99. The van der Waals surface area contributed by atoms with Crippen molar-refractivity contribution in [2.45, 2.75) is 6.92 Å². The Balaban J connectivity index is 1.62. The molecule has 0 unspecified atom stereocenters. The van der Waals surface area contributed by atoms with Gasteiger partial charge in [0.2, 0.25) is 17.6 Å². The van der Waals surface area contributed by atoms with Crippen molar-refractivity contribution >= 4 is 28.8 Å². The van der Waals surface area contributed by atoms with E-state index < -0.39 is 5.91 Å². The lowest BCUT2D eigenvalue weighted by molar-refractivity contribution is -0.111. The molecule has 0 aliphatic heterocycles. The van der Waals surface area contributed by atoms with E-state index in [0.717, 1.165) is 0 Å². The van der Waals surface area contributed by atoms with Crippen molar-refractivity contribution in [1.29, 1.82) is 0 Å². The predicted molar refractivity (Wildman–Crippen MR) is 125 cm³/mol. The van der Waals surface area contributed by atoms with Crippen molar-refractivity contribution < 1.29 is 19.0 Å². The average molecular weight is 465 g/mol. The van der Waals surface area contributed by atoms with Gasteiger partial charge in [-0.3, -0.25) is 19.3 Å². The molecule has 1 aromatic carbocycles. The van der Waals surface area contributed by atoms with E-state index in [1.807, 2.05) is 0 Å². The van der Waals surface area contributed by atoms with Crippen LogP contribution in [0, 0.1) is 6.92 Å². The van der Waals surface area contributed by atoms with Crippen LogP contribution < -0.4 is 25.1 Å². The molecule has 2 N–H and O–H groups in total.